The van der Waals surface area contributed by atoms with E-state index in [4.69, 9.17) is 9.47 Å². The molecule has 9 unspecified atom stereocenters. The molecule has 2 aromatic carbocycles. The molecule has 6 rings (SSSR count). The van der Waals surface area contributed by atoms with Gasteiger partial charge in [-0.25, -0.2) is 19.6 Å². The molecule has 9 atom stereocenters. The van der Waals surface area contributed by atoms with Crippen molar-refractivity contribution in [2.24, 2.45) is 11.8 Å². The van der Waals surface area contributed by atoms with Crippen LogP contribution in [0.5, 0.6) is 0 Å². The first-order chi connectivity index (χ1) is 36.4. The third-order valence-corrected chi connectivity index (χ3v) is 16.3. The standard InChI is InChI=1S/C53H66N10O12S2/c1-27(2)40-51(72)74-24-38(59-44(65)36-23-21-32-17-13-15-19-34(32)57-36)46(67)55-30(6)48(69)63(10)42-50(71)62(9)41(28(3)4)52(73)75-25-37(58-43(64)35-22-20-31-16-12-14-18-33(31)56-35)45(66)54-29(5)47(68)60(7)39(49(70)61(40)8)26-77-53(42)76-11/h12-23,27-30,37-42,53H,24-26H2,1-11H3,(H,54,66)(H,55,67)(H,58,64)(H,59,65). The summed E-state index contributed by atoms with van der Waals surface area (Å²) in [5.74, 6) is -10.1. The highest BCUT2D eigenvalue weighted by molar-refractivity contribution is 8.16. The molecule has 24 heteroatoms. The molecule has 22 nitrogen and oxygen atoms in total. The normalized spacial score (nSPS) is 25.4. The molecule has 2 aliphatic rings. The van der Waals surface area contributed by atoms with Crippen LogP contribution >= 0.6 is 23.5 Å². The van der Waals surface area contributed by atoms with Crippen molar-refractivity contribution in [1.29, 1.82) is 0 Å². The number of carbonyl (C=O) groups is 10. The van der Waals surface area contributed by atoms with Crippen molar-refractivity contribution >= 4 is 105 Å². The van der Waals surface area contributed by atoms with Crippen LogP contribution in [-0.2, 0) is 47.8 Å². The van der Waals surface area contributed by atoms with Crippen molar-refractivity contribution in [3.8, 4) is 0 Å². The Kier molecular flexibility index (Phi) is 19.6. The van der Waals surface area contributed by atoms with E-state index in [1.807, 2.05) is 0 Å². The maximum atomic E-state index is 15.2. The average Bonchev–Trinajstić information content (AvgIpc) is 3.40. The molecule has 2 saturated heterocycles. The minimum Gasteiger partial charge on any atom is -0.461 e. The number of carbonyl (C=O) groups excluding carboxylic acids is 10. The minimum atomic E-state index is -1.63. The van der Waals surface area contributed by atoms with Crippen LogP contribution in [0.2, 0.25) is 0 Å². The lowest BCUT2D eigenvalue weighted by Gasteiger charge is -2.40. The lowest BCUT2D eigenvalue weighted by Crippen LogP contribution is -2.60. The summed E-state index contributed by atoms with van der Waals surface area (Å²) in [6.45, 7) is 7.81. The lowest BCUT2D eigenvalue weighted by molar-refractivity contribution is -0.160. The van der Waals surface area contributed by atoms with Gasteiger partial charge in [-0.1, -0.05) is 76.2 Å². The molecule has 0 radical (unpaired) electrons. The fraction of sp³-hybridized carbons (Fsp3) is 0.472. The Morgan fingerprint density at radius 2 is 1.01 bits per heavy atom. The predicted octanol–water partition coefficient (Wildman–Crippen LogP) is 1.85. The van der Waals surface area contributed by atoms with Crippen LogP contribution in [0.3, 0.4) is 0 Å². The molecular weight excluding hydrogens is 1030 g/mol. The van der Waals surface area contributed by atoms with Crippen molar-refractivity contribution < 1.29 is 57.4 Å². The number of hydrogen-bond acceptors (Lipinski definition) is 16. The topological polar surface area (TPSA) is 276 Å². The zero-order valence-electron chi connectivity index (χ0n) is 44.8. The molecular formula is C53H66N10O12S2. The number of fused-ring (bicyclic) bond motifs is 6. The van der Waals surface area contributed by atoms with Gasteiger partial charge in [0.15, 0.2) is 0 Å². The fourth-order valence-electron chi connectivity index (χ4n) is 9.13. The van der Waals surface area contributed by atoms with Gasteiger partial charge in [-0.3, -0.25) is 38.4 Å². The highest BCUT2D eigenvalue weighted by Crippen LogP contribution is 2.32. The summed E-state index contributed by atoms with van der Waals surface area (Å²) in [5, 5.41) is 11.8. The van der Waals surface area contributed by atoms with Crippen molar-refractivity contribution in [2.45, 2.75) is 94.5 Å². The SMILES string of the molecule is CSC1SCC2C(=O)N(C)C(C(C)C)C(=O)OCC(NC(=O)c3ccc4ccccc4n3)C(=O)NC(C)C(=O)N(C)C1C(=O)N(C)C(C(C)C)C(=O)OCC(NC(=O)c1ccc3ccccc3n1)C(=O)NC(C)C(=O)N2C. The van der Waals surface area contributed by atoms with Gasteiger partial charge < -0.3 is 50.3 Å². The summed E-state index contributed by atoms with van der Waals surface area (Å²) >= 11 is 2.18. The number of para-hydroxylation sites is 2. The third-order valence-electron chi connectivity index (χ3n) is 13.5. The molecule has 4 N–H and O–H groups in total. The van der Waals surface area contributed by atoms with Gasteiger partial charge >= 0.3 is 11.9 Å². The second-order valence-corrected chi connectivity index (χ2v) is 22.1. The summed E-state index contributed by atoms with van der Waals surface area (Å²) < 4.78 is 10.6. The van der Waals surface area contributed by atoms with Crippen molar-refractivity contribution in [3.05, 3.63) is 84.2 Å². The molecule has 8 amide bonds. The quantitative estimate of drug-likeness (QED) is 0.192. The van der Waals surface area contributed by atoms with Crippen molar-refractivity contribution in [3.63, 3.8) is 0 Å². The number of benzene rings is 2. The van der Waals surface area contributed by atoms with E-state index >= 15 is 9.59 Å². The van der Waals surface area contributed by atoms with Crippen molar-refractivity contribution in [1.82, 2.24) is 50.8 Å². The number of thioether (sulfide) groups is 2. The summed E-state index contributed by atoms with van der Waals surface area (Å²) in [6, 6.07) is 8.76. The maximum Gasteiger partial charge on any atom is 0.329 e. The molecule has 2 aromatic heterocycles. The van der Waals surface area contributed by atoms with Crippen molar-refractivity contribution in [2.75, 3.05) is 53.4 Å². The number of pyridine rings is 2. The van der Waals surface area contributed by atoms with Gasteiger partial charge in [0, 0.05) is 44.7 Å². The van der Waals surface area contributed by atoms with Crippen LogP contribution in [0.4, 0.5) is 0 Å². The smallest absolute Gasteiger partial charge is 0.329 e. The highest BCUT2D eigenvalue weighted by Gasteiger charge is 2.45. The maximum absolute atomic E-state index is 15.2. The summed E-state index contributed by atoms with van der Waals surface area (Å²) in [7, 11) is 5.37. The number of esters is 2. The Bertz CT molecular complexity index is 2930. The molecule has 0 aliphatic carbocycles. The van der Waals surface area contributed by atoms with E-state index < -0.39 is 137 Å². The number of nitrogens with zero attached hydrogens (tertiary/aromatic N) is 6. The second kappa shape index (κ2) is 25.7. The molecule has 0 saturated carbocycles. The molecule has 77 heavy (non-hydrogen) atoms. The second-order valence-electron chi connectivity index (χ2n) is 19.6. The first-order valence-corrected chi connectivity index (χ1v) is 27.3. The molecule has 0 spiro atoms. The number of amides is 8. The van der Waals surface area contributed by atoms with E-state index in [1.165, 1.54) is 54.2 Å². The van der Waals surface area contributed by atoms with E-state index in [0.717, 1.165) is 53.9 Å². The van der Waals surface area contributed by atoms with Crippen LogP contribution in [0.15, 0.2) is 72.8 Å². The number of cyclic esters (lactones) is 2. The third kappa shape index (κ3) is 13.6. The van der Waals surface area contributed by atoms with Gasteiger partial charge in [-0.15, -0.1) is 23.5 Å². The van der Waals surface area contributed by atoms with E-state index in [9.17, 15) is 38.4 Å². The number of aromatic nitrogens is 2. The molecule has 2 aliphatic heterocycles. The van der Waals surface area contributed by atoms with Crippen LogP contribution in [0, 0.1) is 11.8 Å². The van der Waals surface area contributed by atoms with E-state index in [-0.39, 0.29) is 17.1 Å². The predicted molar refractivity (Wildman–Crippen MR) is 289 cm³/mol. The Balaban J connectivity index is 1.43. The van der Waals surface area contributed by atoms with Gasteiger partial charge in [-0.05, 0) is 56.2 Å². The van der Waals surface area contributed by atoms with Gasteiger partial charge in [0.25, 0.3) is 11.8 Å². The first-order valence-electron chi connectivity index (χ1n) is 24.9. The Labute approximate surface area is 454 Å². The Morgan fingerprint density at radius 3 is 1.44 bits per heavy atom. The van der Waals surface area contributed by atoms with Gasteiger partial charge in [0.05, 0.1) is 15.6 Å². The summed E-state index contributed by atoms with van der Waals surface area (Å²) in [5.41, 5.74) is 0.846. The number of ether oxygens (including phenoxy) is 2. The van der Waals surface area contributed by atoms with Crippen LogP contribution in [-0.4, -0.2) is 195 Å². The average molecular weight is 1100 g/mol. The van der Waals surface area contributed by atoms with E-state index in [2.05, 4.69) is 31.2 Å². The Hall–Kier alpha value is -7.34. The van der Waals surface area contributed by atoms with E-state index in [0.29, 0.717) is 11.0 Å². The molecule has 4 heterocycles. The molecule has 4 aromatic rings. The minimum absolute atomic E-state index is 0.0685. The van der Waals surface area contributed by atoms with Crippen LogP contribution in [0.1, 0.15) is 62.5 Å². The Morgan fingerprint density at radius 1 is 0.597 bits per heavy atom. The van der Waals surface area contributed by atoms with Gasteiger partial charge in [0.1, 0.15) is 72.9 Å². The number of nitrogens with one attached hydrogen (secondary N) is 4. The summed E-state index contributed by atoms with van der Waals surface area (Å²) in [6.07, 6.45) is 1.67. The fourth-order valence-corrected chi connectivity index (χ4v) is 11.7. The zero-order chi connectivity index (χ0) is 56.6. The molecule has 2 fully saturated rings. The van der Waals surface area contributed by atoms with Gasteiger partial charge in [-0.2, -0.15) is 0 Å². The summed E-state index contributed by atoms with van der Waals surface area (Å²) in [4.78, 5) is 158. The number of likely N-dealkylation sites (N-methyl/N-ethyl adjacent to an activating group) is 4. The zero-order valence-corrected chi connectivity index (χ0v) is 46.4. The van der Waals surface area contributed by atoms with E-state index in [1.54, 1.807) is 94.6 Å². The monoisotopic (exact) mass is 1100 g/mol. The van der Waals surface area contributed by atoms with Crippen LogP contribution < -0.4 is 21.3 Å². The highest BCUT2D eigenvalue weighted by atomic mass is 32.2. The first kappa shape index (κ1) is 58.9. The molecule has 412 valence electrons. The largest absolute Gasteiger partial charge is 0.461 e. The van der Waals surface area contributed by atoms with Crippen LogP contribution in [0.25, 0.3) is 21.8 Å². The number of rotatable bonds is 7. The lowest BCUT2D eigenvalue weighted by atomic mass is 10.0. The van der Waals surface area contributed by atoms with Gasteiger partial charge in [0.2, 0.25) is 35.4 Å². The molecule has 2 bridgehead atoms. The number of hydrogen-bond donors (Lipinski definition) is 4.